The molecule has 5 heteroatoms. The minimum atomic E-state index is 0.689. The molecule has 4 nitrogen and oxygen atoms in total. The van der Waals surface area contributed by atoms with Gasteiger partial charge in [-0.05, 0) is 23.8 Å². The van der Waals surface area contributed by atoms with E-state index < -0.39 is 0 Å². The summed E-state index contributed by atoms with van der Waals surface area (Å²) in [6, 6.07) is 9.68. The zero-order chi connectivity index (χ0) is 13.8. The molecular formula is C15H12N2O2S. The molecule has 0 aliphatic heterocycles. The summed E-state index contributed by atoms with van der Waals surface area (Å²) < 4.78 is 10.4. The third kappa shape index (κ3) is 2.78. The van der Waals surface area contributed by atoms with Crippen LogP contribution in [0.3, 0.4) is 0 Å². The van der Waals surface area contributed by atoms with E-state index in [0.717, 1.165) is 22.0 Å². The van der Waals surface area contributed by atoms with Gasteiger partial charge in [0, 0.05) is 17.6 Å². The summed E-state index contributed by atoms with van der Waals surface area (Å²) in [5, 5.41) is 6.74. The highest BCUT2D eigenvalue weighted by atomic mass is 32.1. The molecule has 0 radical (unpaired) electrons. The average molecular weight is 283 g/mol. The lowest BCUT2D eigenvalue weighted by Gasteiger charge is -1.98. The highest BCUT2D eigenvalue weighted by Crippen LogP contribution is 2.23. The van der Waals surface area contributed by atoms with E-state index in [1.54, 1.807) is 13.3 Å². The maximum Gasteiger partial charge on any atom is 0.196 e. The first kappa shape index (κ1) is 12.6. The van der Waals surface area contributed by atoms with Crippen LogP contribution in [0.4, 0.5) is 0 Å². The molecule has 0 N–H and O–H groups in total. The molecule has 100 valence electrons. The molecule has 3 aromatic rings. The van der Waals surface area contributed by atoms with Crippen molar-refractivity contribution in [3.05, 3.63) is 53.2 Å². The lowest BCUT2D eigenvalue weighted by atomic mass is 10.2. The SMILES string of the molecule is [11CH3]Oc1ccc(/C=C/c2cc(-c3nccs3)on2)cc1. The Labute approximate surface area is 120 Å². The molecule has 0 fully saturated rings. The second-order valence-electron chi connectivity index (χ2n) is 4.06. The number of aromatic nitrogens is 2. The van der Waals surface area contributed by atoms with Crippen LogP contribution in [0.5, 0.6) is 5.75 Å². The first-order chi connectivity index (χ1) is 9.85. The fraction of sp³-hybridized carbons (Fsp3) is 0.0667. The lowest BCUT2D eigenvalue weighted by Crippen LogP contribution is -1.81. The van der Waals surface area contributed by atoms with Gasteiger partial charge in [-0.15, -0.1) is 11.3 Å². The van der Waals surface area contributed by atoms with E-state index in [0.29, 0.717) is 5.76 Å². The molecule has 0 aliphatic carbocycles. The predicted octanol–water partition coefficient (Wildman–Crippen LogP) is 3.98. The highest BCUT2D eigenvalue weighted by Gasteiger charge is 2.06. The summed E-state index contributed by atoms with van der Waals surface area (Å²) in [4.78, 5) is 4.18. The number of methoxy groups -OCH3 is 1. The first-order valence-electron chi connectivity index (χ1n) is 6.04. The van der Waals surface area contributed by atoms with Crippen molar-refractivity contribution >= 4 is 23.5 Å². The van der Waals surface area contributed by atoms with Crippen molar-refractivity contribution in [2.45, 2.75) is 0 Å². The Morgan fingerprint density at radius 2 is 2.05 bits per heavy atom. The summed E-state index contributed by atoms with van der Waals surface area (Å²) in [6.07, 6.45) is 5.63. The number of thiazole rings is 1. The molecule has 1 aromatic carbocycles. The maximum absolute atomic E-state index is 5.26. The summed E-state index contributed by atoms with van der Waals surface area (Å²) in [7, 11) is 1.65. The van der Waals surface area contributed by atoms with E-state index in [1.807, 2.05) is 47.9 Å². The molecule has 0 saturated carbocycles. The number of hydrogen-bond acceptors (Lipinski definition) is 5. The van der Waals surface area contributed by atoms with Gasteiger partial charge in [0.2, 0.25) is 0 Å². The normalized spacial score (nSPS) is 11.1. The van der Waals surface area contributed by atoms with E-state index in [9.17, 15) is 0 Å². The standard InChI is InChI=1S/C15H12N2O2S/c1-18-13-6-3-11(4-7-13)2-5-12-10-14(19-17-12)15-16-8-9-20-15/h2-10H,1H3/b5-2+/i1-1. The van der Waals surface area contributed by atoms with Crippen LogP contribution in [0.1, 0.15) is 11.3 Å². The van der Waals surface area contributed by atoms with Crippen molar-refractivity contribution in [2.24, 2.45) is 0 Å². The number of rotatable bonds is 4. The van der Waals surface area contributed by atoms with Gasteiger partial charge < -0.3 is 9.26 Å². The molecule has 0 unspecified atom stereocenters. The molecular weight excluding hydrogens is 271 g/mol. The Kier molecular flexibility index (Phi) is 3.60. The summed E-state index contributed by atoms with van der Waals surface area (Å²) in [5.41, 5.74) is 1.84. The van der Waals surface area contributed by atoms with Gasteiger partial charge in [-0.2, -0.15) is 0 Å². The smallest absolute Gasteiger partial charge is 0.196 e. The van der Waals surface area contributed by atoms with E-state index in [-0.39, 0.29) is 0 Å². The fourth-order valence-electron chi connectivity index (χ4n) is 1.71. The van der Waals surface area contributed by atoms with Crippen molar-refractivity contribution in [3.63, 3.8) is 0 Å². The molecule has 2 heterocycles. The molecule has 0 saturated heterocycles. The number of nitrogens with zero attached hydrogens (tertiary/aromatic N) is 2. The Balaban J connectivity index is 1.75. The number of ether oxygens (including phenoxy) is 1. The molecule has 0 aliphatic rings. The minimum Gasteiger partial charge on any atom is -0.497 e. The van der Waals surface area contributed by atoms with Crippen molar-refractivity contribution in [2.75, 3.05) is 7.11 Å². The van der Waals surface area contributed by atoms with Gasteiger partial charge in [0.05, 0.1) is 7.11 Å². The van der Waals surface area contributed by atoms with E-state index >= 15 is 0 Å². The maximum atomic E-state index is 5.26. The van der Waals surface area contributed by atoms with Crippen molar-refractivity contribution < 1.29 is 9.26 Å². The van der Waals surface area contributed by atoms with E-state index in [1.165, 1.54) is 11.3 Å². The van der Waals surface area contributed by atoms with Crippen molar-refractivity contribution in [3.8, 4) is 16.5 Å². The van der Waals surface area contributed by atoms with Gasteiger partial charge in [0.1, 0.15) is 11.4 Å². The first-order valence-corrected chi connectivity index (χ1v) is 6.92. The molecule has 0 amide bonds. The molecule has 2 aromatic heterocycles. The Hall–Kier alpha value is -2.40. The molecule has 20 heavy (non-hydrogen) atoms. The lowest BCUT2D eigenvalue weighted by molar-refractivity contribution is 0.415. The largest absolute Gasteiger partial charge is 0.497 e. The summed E-state index contributed by atoms with van der Waals surface area (Å²) in [5.74, 6) is 1.53. The monoisotopic (exact) mass is 283 g/mol. The van der Waals surface area contributed by atoms with Crippen LogP contribution in [0.25, 0.3) is 22.9 Å². The van der Waals surface area contributed by atoms with Crippen LogP contribution in [-0.2, 0) is 0 Å². The van der Waals surface area contributed by atoms with Crippen LogP contribution < -0.4 is 4.74 Å². The molecule has 3 rings (SSSR count). The zero-order valence-corrected chi connectivity index (χ0v) is 11.6. The second-order valence-corrected chi connectivity index (χ2v) is 4.95. The van der Waals surface area contributed by atoms with Crippen LogP contribution in [0, 0.1) is 0 Å². The highest BCUT2D eigenvalue weighted by molar-refractivity contribution is 7.13. The quantitative estimate of drug-likeness (QED) is 0.726. The molecule has 0 atom stereocenters. The Morgan fingerprint density at radius 1 is 1.20 bits per heavy atom. The average Bonchev–Trinajstić information content (AvgIpc) is 3.16. The van der Waals surface area contributed by atoms with Gasteiger partial charge >= 0.3 is 0 Å². The van der Waals surface area contributed by atoms with Gasteiger partial charge in [-0.25, -0.2) is 4.98 Å². The third-order valence-electron chi connectivity index (χ3n) is 2.73. The van der Waals surface area contributed by atoms with Crippen LogP contribution in [0.2, 0.25) is 0 Å². The third-order valence-corrected chi connectivity index (χ3v) is 3.52. The Bertz CT molecular complexity index is 700. The number of hydrogen-bond donors (Lipinski definition) is 0. The fourth-order valence-corrected chi connectivity index (χ4v) is 2.29. The van der Waals surface area contributed by atoms with Crippen molar-refractivity contribution in [1.29, 1.82) is 0 Å². The van der Waals surface area contributed by atoms with Crippen molar-refractivity contribution in [1.82, 2.24) is 10.1 Å². The summed E-state index contributed by atoms with van der Waals surface area (Å²) in [6.45, 7) is 0. The van der Waals surface area contributed by atoms with Gasteiger partial charge in [0.15, 0.2) is 10.8 Å². The van der Waals surface area contributed by atoms with Gasteiger partial charge in [-0.1, -0.05) is 23.4 Å². The second kappa shape index (κ2) is 5.71. The number of benzene rings is 1. The zero-order valence-electron chi connectivity index (χ0n) is 10.8. The Morgan fingerprint density at radius 3 is 2.75 bits per heavy atom. The minimum absolute atomic E-state index is 0.689. The van der Waals surface area contributed by atoms with Crippen LogP contribution in [-0.4, -0.2) is 17.3 Å². The predicted molar refractivity (Wildman–Crippen MR) is 79.5 cm³/mol. The topological polar surface area (TPSA) is 48.2 Å². The van der Waals surface area contributed by atoms with Crippen LogP contribution in [0.15, 0.2) is 46.4 Å². The summed E-state index contributed by atoms with van der Waals surface area (Å²) >= 11 is 1.53. The van der Waals surface area contributed by atoms with E-state index in [4.69, 9.17) is 9.26 Å². The van der Waals surface area contributed by atoms with Gasteiger partial charge in [-0.3, -0.25) is 0 Å². The van der Waals surface area contributed by atoms with Crippen LogP contribution >= 0.6 is 11.3 Å². The van der Waals surface area contributed by atoms with E-state index in [2.05, 4.69) is 10.1 Å². The molecule has 0 spiro atoms. The molecule has 0 bridgehead atoms. The van der Waals surface area contributed by atoms with Gasteiger partial charge in [0.25, 0.3) is 0 Å².